The van der Waals surface area contributed by atoms with E-state index < -0.39 is 17.6 Å². The molecule has 0 atom stereocenters. The summed E-state index contributed by atoms with van der Waals surface area (Å²) in [6.45, 7) is 0.309. The number of halogens is 4. The molecule has 0 saturated carbocycles. The van der Waals surface area contributed by atoms with Crippen molar-refractivity contribution in [1.82, 2.24) is 15.0 Å². The van der Waals surface area contributed by atoms with Crippen LogP contribution < -0.4 is 9.47 Å². The number of ether oxygens (including phenoxy) is 2. The van der Waals surface area contributed by atoms with Crippen LogP contribution in [0.1, 0.15) is 11.1 Å². The SMILES string of the molecule is Fc1cccc2c(OCCc3ccc(Oc4ccc(C(F)(F)F)cn4)cc3)ncnc12. The van der Waals surface area contributed by atoms with Gasteiger partial charge in [-0.05, 0) is 35.9 Å². The van der Waals surface area contributed by atoms with Crippen molar-refractivity contribution in [3.05, 3.63) is 84.1 Å². The maximum absolute atomic E-state index is 13.8. The van der Waals surface area contributed by atoms with Gasteiger partial charge in [0.2, 0.25) is 11.8 Å². The number of benzene rings is 2. The summed E-state index contributed by atoms with van der Waals surface area (Å²) >= 11 is 0. The van der Waals surface area contributed by atoms with E-state index in [-0.39, 0.29) is 11.4 Å². The molecule has 0 aliphatic rings. The van der Waals surface area contributed by atoms with E-state index in [9.17, 15) is 17.6 Å². The number of hydrogen-bond donors (Lipinski definition) is 0. The Hall–Kier alpha value is -3.75. The van der Waals surface area contributed by atoms with Gasteiger partial charge in [-0.25, -0.2) is 19.3 Å². The lowest BCUT2D eigenvalue weighted by molar-refractivity contribution is -0.137. The molecule has 0 fully saturated rings. The molecular formula is C22H15F4N3O2. The molecule has 2 heterocycles. The second-order valence-corrected chi connectivity index (χ2v) is 6.54. The van der Waals surface area contributed by atoms with Gasteiger partial charge in [0, 0.05) is 18.7 Å². The van der Waals surface area contributed by atoms with Gasteiger partial charge in [-0.2, -0.15) is 13.2 Å². The van der Waals surface area contributed by atoms with Gasteiger partial charge in [0.25, 0.3) is 0 Å². The van der Waals surface area contributed by atoms with Crippen LogP contribution >= 0.6 is 0 Å². The number of pyridine rings is 1. The first kappa shape index (κ1) is 20.5. The molecule has 0 bridgehead atoms. The van der Waals surface area contributed by atoms with Crippen LogP contribution in [0.25, 0.3) is 10.9 Å². The Bertz CT molecular complexity index is 1180. The zero-order valence-electron chi connectivity index (χ0n) is 15.9. The fourth-order valence-electron chi connectivity index (χ4n) is 2.86. The Morgan fingerprint density at radius 1 is 0.871 bits per heavy atom. The molecule has 158 valence electrons. The van der Waals surface area contributed by atoms with Crippen LogP contribution in [0.15, 0.2) is 67.1 Å². The first-order valence-corrected chi connectivity index (χ1v) is 9.22. The van der Waals surface area contributed by atoms with Crippen molar-refractivity contribution >= 4 is 10.9 Å². The van der Waals surface area contributed by atoms with Crippen molar-refractivity contribution in [2.75, 3.05) is 6.61 Å². The summed E-state index contributed by atoms with van der Waals surface area (Å²) in [7, 11) is 0. The lowest BCUT2D eigenvalue weighted by Crippen LogP contribution is -2.05. The molecule has 0 saturated heterocycles. The number of para-hydroxylation sites is 1. The average molecular weight is 429 g/mol. The number of hydrogen-bond acceptors (Lipinski definition) is 5. The van der Waals surface area contributed by atoms with Crippen molar-refractivity contribution < 1.29 is 27.0 Å². The topological polar surface area (TPSA) is 57.1 Å². The highest BCUT2D eigenvalue weighted by Gasteiger charge is 2.30. The van der Waals surface area contributed by atoms with Crippen LogP contribution in [0.4, 0.5) is 17.6 Å². The van der Waals surface area contributed by atoms with Gasteiger partial charge in [-0.15, -0.1) is 0 Å². The number of aromatic nitrogens is 3. The summed E-state index contributed by atoms with van der Waals surface area (Å²) in [6, 6.07) is 13.6. The van der Waals surface area contributed by atoms with Gasteiger partial charge in [0.15, 0.2) is 0 Å². The van der Waals surface area contributed by atoms with E-state index >= 15 is 0 Å². The predicted octanol–water partition coefficient (Wildman–Crippen LogP) is 5.60. The summed E-state index contributed by atoms with van der Waals surface area (Å²) in [4.78, 5) is 11.7. The molecule has 31 heavy (non-hydrogen) atoms. The van der Waals surface area contributed by atoms with E-state index in [0.29, 0.717) is 30.0 Å². The molecule has 4 aromatic rings. The van der Waals surface area contributed by atoms with E-state index in [0.717, 1.165) is 17.8 Å². The molecule has 4 rings (SSSR count). The normalized spacial score (nSPS) is 11.5. The van der Waals surface area contributed by atoms with Crippen LogP contribution in [0, 0.1) is 5.82 Å². The van der Waals surface area contributed by atoms with Gasteiger partial charge in [0.05, 0.1) is 17.6 Å². The summed E-state index contributed by atoms with van der Waals surface area (Å²) < 4.78 is 62.7. The van der Waals surface area contributed by atoms with Gasteiger partial charge in [-0.3, -0.25) is 0 Å². The van der Waals surface area contributed by atoms with E-state index in [4.69, 9.17) is 9.47 Å². The average Bonchev–Trinajstić information content (AvgIpc) is 2.75. The molecule has 9 heteroatoms. The molecule has 0 radical (unpaired) electrons. The smallest absolute Gasteiger partial charge is 0.417 e. The van der Waals surface area contributed by atoms with Gasteiger partial charge >= 0.3 is 6.18 Å². The number of rotatable bonds is 6. The minimum atomic E-state index is -4.44. The fourth-order valence-corrected chi connectivity index (χ4v) is 2.86. The molecule has 5 nitrogen and oxygen atoms in total. The number of fused-ring (bicyclic) bond motifs is 1. The van der Waals surface area contributed by atoms with E-state index in [1.54, 1.807) is 36.4 Å². The highest BCUT2D eigenvalue weighted by atomic mass is 19.4. The second-order valence-electron chi connectivity index (χ2n) is 6.54. The maximum atomic E-state index is 13.8. The van der Waals surface area contributed by atoms with E-state index in [1.165, 1.54) is 18.5 Å². The Balaban J connectivity index is 1.35. The van der Waals surface area contributed by atoms with Gasteiger partial charge in [0.1, 0.15) is 23.4 Å². The molecule has 0 aliphatic carbocycles. The lowest BCUT2D eigenvalue weighted by Gasteiger charge is -2.09. The third-order valence-electron chi connectivity index (χ3n) is 4.42. The summed E-state index contributed by atoms with van der Waals surface area (Å²) in [5, 5.41) is 0.496. The van der Waals surface area contributed by atoms with E-state index in [2.05, 4.69) is 15.0 Å². The Kier molecular flexibility index (Phi) is 5.66. The lowest BCUT2D eigenvalue weighted by atomic mass is 10.1. The van der Waals surface area contributed by atoms with Crippen LogP contribution in [-0.4, -0.2) is 21.6 Å². The highest BCUT2D eigenvalue weighted by Crippen LogP contribution is 2.30. The molecule has 2 aromatic carbocycles. The predicted molar refractivity (Wildman–Crippen MR) is 104 cm³/mol. The third kappa shape index (κ3) is 4.88. The fraction of sp³-hybridized carbons (Fsp3) is 0.136. The van der Waals surface area contributed by atoms with Crippen LogP contribution in [-0.2, 0) is 12.6 Å². The molecule has 2 aromatic heterocycles. The zero-order chi connectivity index (χ0) is 21.8. The quantitative estimate of drug-likeness (QED) is 0.374. The summed E-state index contributed by atoms with van der Waals surface area (Å²) in [5.74, 6) is 0.363. The van der Waals surface area contributed by atoms with E-state index in [1.807, 2.05) is 0 Å². The summed E-state index contributed by atoms with van der Waals surface area (Å²) in [6.07, 6.45) is -1.91. The standard InChI is InChI=1S/C22H15F4N3O2/c23-18-3-1-2-17-20(18)28-13-29-21(17)30-11-10-14-4-7-16(8-5-14)31-19-9-6-15(12-27-19)22(24,25)26/h1-9,12-13H,10-11H2. The minimum absolute atomic E-state index is 0.0620. The van der Waals surface area contributed by atoms with Crippen molar-refractivity contribution in [2.24, 2.45) is 0 Å². The maximum Gasteiger partial charge on any atom is 0.417 e. The first-order valence-electron chi connectivity index (χ1n) is 9.22. The van der Waals surface area contributed by atoms with Crippen molar-refractivity contribution in [3.63, 3.8) is 0 Å². The van der Waals surface area contributed by atoms with Crippen molar-refractivity contribution in [1.29, 1.82) is 0 Å². The van der Waals surface area contributed by atoms with Gasteiger partial charge in [-0.1, -0.05) is 18.2 Å². The second kappa shape index (κ2) is 8.55. The van der Waals surface area contributed by atoms with Crippen molar-refractivity contribution in [3.8, 4) is 17.5 Å². The molecule has 0 amide bonds. The van der Waals surface area contributed by atoms with Crippen molar-refractivity contribution in [2.45, 2.75) is 12.6 Å². The highest BCUT2D eigenvalue weighted by molar-refractivity contribution is 5.83. The number of alkyl halides is 3. The van der Waals surface area contributed by atoms with Crippen LogP contribution in [0.5, 0.6) is 17.5 Å². The van der Waals surface area contributed by atoms with Gasteiger partial charge < -0.3 is 9.47 Å². The monoisotopic (exact) mass is 429 g/mol. The molecule has 0 aliphatic heterocycles. The molecular weight excluding hydrogens is 414 g/mol. The third-order valence-corrected chi connectivity index (χ3v) is 4.42. The van der Waals surface area contributed by atoms with Crippen LogP contribution in [0.3, 0.4) is 0 Å². The zero-order valence-corrected chi connectivity index (χ0v) is 15.9. The molecule has 0 N–H and O–H groups in total. The Morgan fingerprint density at radius 2 is 1.68 bits per heavy atom. The Morgan fingerprint density at radius 3 is 2.39 bits per heavy atom. The Labute approximate surface area is 174 Å². The minimum Gasteiger partial charge on any atom is -0.477 e. The molecule has 0 spiro atoms. The van der Waals surface area contributed by atoms with Crippen LogP contribution in [0.2, 0.25) is 0 Å². The number of nitrogens with zero attached hydrogens (tertiary/aromatic N) is 3. The summed E-state index contributed by atoms with van der Waals surface area (Å²) in [5.41, 5.74) is 0.303. The largest absolute Gasteiger partial charge is 0.477 e. The molecule has 0 unspecified atom stereocenters. The first-order chi connectivity index (χ1) is 14.9.